The van der Waals surface area contributed by atoms with E-state index >= 15 is 0 Å². The highest BCUT2D eigenvalue weighted by Crippen LogP contribution is 2.20. The predicted molar refractivity (Wildman–Crippen MR) is 76.9 cm³/mol. The van der Waals surface area contributed by atoms with Gasteiger partial charge in [-0.2, -0.15) is 5.10 Å². The van der Waals surface area contributed by atoms with E-state index in [1.54, 1.807) is 10.9 Å². The van der Waals surface area contributed by atoms with Gasteiger partial charge in [0.25, 0.3) is 0 Å². The highest BCUT2D eigenvalue weighted by Gasteiger charge is 2.11. The van der Waals surface area contributed by atoms with Crippen molar-refractivity contribution in [3.05, 3.63) is 36.4 Å². The highest BCUT2D eigenvalue weighted by molar-refractivity contribution is 5.48. The first-order chi connectivity index (χ1) is 9.81. The van der Waals surface area contributed by atoms with Crippen LogP contribution in [-0.4, -0.2) is 40.9 Å². The Kier molecular flexibility index (Phi) is 3.83. The summed E-state index contributed by atoms with van der Waals surface area (Å²) in [5.74, 6) is 0.784. The van der Waals surface area contributed by atoms with Crippen molar-refractivity contribution in [1.82, 2.24) is 20.1 Å². The maximum atomic E-state index is 5.76. The zero-order valence-electron chi connectivity index (χ0n) is 11.6. The molecule has 1 N–H and O–H groups in total. The molecule has 0 spiro atoms. The van der Waals surface area contributed by atoms with Crippen LogP contribution in [0.25, 0.3) is 0 Å². The number of aromatic nitrogens is 3. The van der Waals surface area contributed by atoms with Gasteiger partial charge in [-0.3, -0.25) is 9.67 Å². The third-order valence-electron chi connectivity index (χ3n) is 3.34. The second-order valence-corrected chi connectivity index (χ2v) is 4.89. The van der Waals surface area contributed by atoms with Crippen LogP contribution in [0.15, 0.2) is 30.7 Å². The number of aryl methyl sites for hydroxylation is 1. The van der Waals surface area contributed by atoms with Crippen molar-refractivity contribution in [3.63, 3.8) is 0 Å². The fraction of sp³-hybridized carbons (Fsp3) is 0.429. The molecule has 3 rings (SSSR count). The number of piperazine rings is 1. The summed E-state index contributed by atoms with van der Waals surface area (Å²) in [6, 6.07) is 3.99. The second kappa shape index (κ2) is 5.92. The standard InChI is InChI=1S/C14H19N5O/c1-18-5-2-12(17-18)11-20-14-8-13(9-16-10-14)19-6-3-15-4-7-19/h2,5,8-10,15H,3-4,6-7,11H2,1H3. The van der Waals surface area contributed by atoms with Gasteiger partial charge in [-0.15, -0.1) is 0 Å². The lowest BCUT2D eigenvalue weighted by Crippen LogP contribution is -2.43. The van der Waals surface area contributed by atoms with Crippen molar-refractivity contribution in [1.29, 1.82) is 0 Å². The number of rotatable bonds is 4. The Morgan fingerprint density at radius 2 is 2.15 bits per heavy atom. The number of hydrogen-bond acceptors (Lipinski definition) is 5. The fourth-order valence-electron chi connectivity index (χ4n) is 2.28. The van der Waals surface area contributed by atoms with Crippen molar-refractivity contribution in [3.8, 4) is 5.75 Å². The first-order valence-corrected chi connectivity index (χ1v) is 6.83. The molecule has 1 aliphatic heterocycles. The van der Waals surface area contributed by atoms with Gasteiger partial charge < -0.3 is 15.0 Å². The molecule has 2 aromatic rings. The molecule has 1 aliphatic rings. The molecule has 0 aliphatic carbocycles. The highest BCUT2D eigenvalue weighted by atomic mass is 16.5. The lowest BCUT2D eigenvalue weighted by Gasteiger charge is -2.29. The lowest BCUT2D eigenvalue weighted by atomic mass is 10.3. The molecule has 0 radical (unpaired) electrons. The summed E-state index contributed by atoms with van der Waals surface area (Å²) >= 11 is 0. The lowest BCUT2D eigenvalue weighted by molar-refractivity contribution is 0.299. The van der Waals surface area contributed by atoms with Gasteiger partial charge in [0.2, 0.25) is 0 Å². The van der Waals surface area contributed by atoms with Crippen LogP contribution in [0, 0.1) is 0 Å². The first-order valence-electron chi connectivity index (χ1n) is 6.83. The minimum absolute atomic E-state index is 0.466. The second-order valence-electron chi connectivity index (χ2n) is 4.89. The average Bonchev–Trinajstić information content (AvgIpc) is 2.92. The van der Waals surface area contributed by atoms with E-state index in [9.17, 15) is 0 Å². The van der Waals surface area contributed by atoms with E-state index in [0.29, 0.717) is 6.61 Å². The summed E-state index contributed by atoms with van der Waals surface area (Å²) in [5.41, 5.74) is 2.03. The van der Waals surface area contributed by atoms with Gasteiger partial charge in [-0.1, -0.05) is 0 Å². The number of nitrogens with one attached hydrogen (secondary N) is 1. The zero-order chi connectivity index (χ0) is 13.8. The van der Waals surface area contributed by atoms with Crippen LogP contribution >= 0.6 is 0 Å². The van der Waals surface area contributed by atoms with Crippen LogP contribution in [0.4, 0.5) is 5.69 Å². The van der Waals surface area contributed by atoms with Crippen LogP contribution in [0.3, 0.4) is 0 Å². The summed E-state index contributed by atoms with van der Waals surface area (Å²) in [4.78, 5) is 6.58. The third kappa shape index (κ3) is 3.08. The van der Waals surface area contributed by atoms with Gasteiger partial charge in [-0.25, -0.2) is 0 Å². The Hall–Kier alpha value is -2.08. The van der Waals surface area contributed by atoms with Gasteiger partial charge in [-0.05, 0) is 6.07 Å². The number of hydrogen-bond donors (Lipinski definition) is 1. The summed E-state index contributed by atoms with van der Waals surface area (Å²) in [6.07, 6.45) is 5.54. The maximum absolute atomic E-state index is 5.76. The molecule has 0 saturated carbocycles. The van der Waals surface area contributed by atoms with Crippen LogP contribution in [0.1, 0.15) is 5.69 Å². The molecule has 0 amide bonds. The van der Waals surface area contributed by atoms with Gasteiger partial charge in [0.05, 0.1) is 23.8 Å². The quantitative estimate of drug-likeness (QED) is 0.893. The molecule has 2 aromatic heterocycles. The molecule has 106 valence electrons. The molecule has 0 aromatic carbocycles. The van der Waals surface area contributed by atoms with Gasteiger partial charge in [0, 0.05) is 45.5 Å². The van der Waals surface area contributed by atoms with Gasteiger partial charge in [0.15, 0.2) is 0 Å². The number of nitrogens with zero attached hydrogens (tertiary/aromatic N) is 4. The monoisotopic (exact) mass is 273 g/mol. The summed E-state index contributed by atoms with van der Waals surface area (Å²) in [5, 5.41) is 7.63. The van der Waals surface area contributed by atoms with Crippen LogP contribution < -0.4 is 15.0 Å². The van der Waals surface area contributed by atoms with Crippen molar-refractivity contribution < 1.29 is 4.74 Å². The molecule has 1 saturated heterocycles. The average molecular weight is 273 g/mol. The molecule has 0 atom stereocenters. The number of anilines is 1. The molecule has 1 fully saturated rings. The first kappa shape index (κ1) is 12.9. The minimum atomic E-state index is 0.466. The summed E-state index contributed by atoms with van der Waals surface area (Å²) in [6.45, 7) is 4.50. The third-order valence-corrected chi connectivity index (χ3v) is 3.34. The Morgan fingerprint density at radius 1 is 1.30 bits per heavy atom. The number of pyridine rings is 1. The van der Waals surface area contributed by atoms with Gasteiger partial charge in [0.1, 0.15) is 12.4 Å². The van der Waals surface area contributed by atoms with Crippen molar-refractivity contribution in [2.45, 2.75) is 6.61 Å². The Bertz CT molecular complexity index is 562. The Balaban J connectivity index is 1.64. The number of ether oxygens (including phenoxy) is 1. The molecule has 20 heavy (non-hydrogen) atoms. The van der Waals surface area contributed by atoms with Gasteiger partial charge >= 0.3 is 0 Å². The van der Waals surface area contributed by atoms with E-state index < -0.39 is 0 Å². The Labute approximate surface area is 118 Å². The van der Waals surface area contributed by atoms with Crippen LogP contribution in [0.2, 0.25) is 0 Å². The van der Waals surface area contributed by atoms with E-state index in [-0.39, 0.29) is 0 Å². The topological polar surface area (TPSA) is 55.2 Å². The van der Waals surface area contributed by atoms with Crippen LogP contribution in [-0.2, 0) is 13.7 Å². The molecule has 6 heteroatoms. The minimum Gasteiger partial charge on any atom is -0.486 e. The van der Waals surface area contributed by atoms with Crippen molar-refractivity contribution in [2.75, 3.05) is 31.1 Å². The van der Waals surface area contributed by atoms with Crippen molar-refractivity contribution >= 4 is 5.69 Å². The zero-order valence-corrected chi connectivity index (χ0v) is 11.6. The normalized spacial score (nSPS) is 15.3. The predicted octanol–water partition coefficient (Wildman–Crippen LogP) is 0.804. The molecule has 3 heterocycles. The van der Waals surface area contributed by atoms with Crippen molar-refractivity contribution in [2.24, 2.45) is 7.05 Å². The van der Waals surface area contributed by atoms with E-state index in [1.807, 2.05) is 31.6 Å². The fourth-order valence-corrected chi connectivity index (χ4v) is 2.28. The largest absolute Gasteiger partial charge is 0.486 e. The molecule has 6 nitrogen and oxygen atoms in total. The Morgan fingerprint density at radius 3 is 2.90 bits per heavy atom. The maximum Gasteiger partial charge on any atom is 0.140 e. The van der Waals surface area contributed by atoms with E-state index in [1.165, 1.54) is 0 Å². The van der Waals surface area contributed by atoms with E-state index in [0.717, 1.165) is 43.3 Å². The molecular weight excluding hydrogens is 254 g/mol. The summed E-state index contributed by atoms with van der Waals surface area (Å²) in [7, 11) is 1.90. The van der Waals surface area contributed by atoms with E-state index in [2.05, 4.69) is 20.3 Å². The smallest absolute Gasteiger partial charge is 0.140 e. The molecule has 0 bridgehead atoms. The molecular formula is C14H19N5O. The van der Waals surface area contributed by atoms with E-state index in [4.69, 9.17) is 4.74 Å². The SMILES string of the molecule is Cn1ccc(COc2cncc(N3CCNCC3)c2)n1. The summed E-state index contributed by atoms with van der Waals surface area (Å²) < 4.78 is 7.53. The van der Waals surface area contributed by atoms with Crippen LogP contribution in [0.5, 0.6) is 5.75 Å². The molecule has 0 unspecified atom stereocenters.